The summed E-state index contributed by atoms with van der Waals surface area (Å²) in [6.45, 7) is 6.10. The van der Waals surface area contributed by atoms with Gasteiger partial charge < -0.3 is 15.0 Å². The fourth-order valence-electron chi connectivity index (χ4n) is 3.53. The fraction of sp³-hybridized carbons (Fsp3) is 0.400. The standard InChI is InChI=1S/C20H22Cl2N2O3/c1-10-6-12(3)23-19(26)15(10)8-24-5-4-13-16(21)7-14(11(2)9-25)18(22)17(13)20(24)27/h6-7,11,25H,4-5,8-9H2,1-3H3,(H,23,26)/t11-/m0/s1. The summed E-state index contributed by atoms with van der Waals surface area (Å²) in [5.74, 6) is -0.472. The van der Waals surface area contributed by atoms with Gasteiger partial charge >= 0.3 is 0 Å². The second-order valence-corrected chi connectivity index (χ2v) is 7.90. The van der Waals surface area contributed by atoms with Crippen LogP contribution in [0.15, 0.2) is 16.9 Å². The van der Waals surface area contributed by atoms with Gasteiger partial charge in [-0.15, -0.1) is 0 Å². The molecule has 0 bridgehead atoms. The molecule has 1 aliphatic rings. The van der Waals surface area contributed by atoms with Crippen LogP contribution in [0.5, 0.6) is 0 Å². The zero-order chi connectivity index (χ0) is 19.9. The van der Waals surface area contributed by atoms with Crippen LogP contribution in [0.2, 0.25) is 10.0 Å². The molecular weight excluding hydrogens is 387 g/mol. The van der Waals surface area contributed by atoms with Gasteiger partial charge in [-0.05, 0) is 49.1 Å². The number of carbonyl (C=O) groups excluding carboxylic acids is 1. The minimum absolute atomic E-state index is 0.0926. The lowest BCUT2D eigenvalue weighted by atomic mass is 9.91. The lowest BCUT2D eigenvalue weighted by Crippen LogP contribution is -2.39. The van der Waals surface area contributed by atoms with Crippen LogP contribution < -0.4 is 5.56 Å². The van der Waals surface area contributed by atoms with Crippen LogP contribution in [0.4, 0.5) is 0 Å². The van der Waals surface area contributed by atoms with E-state index in [1.54, 1.807) is 11.0 Å². The number of fused-ring (bicyclic) bond motifs is 1. The highest BCUT2D eigenvalue weighted by molar-refractivity contribution is 6.37. The summed E-state index contributed by atoms with van der Waals surface area (Å²) >= 11 is 12.9. The number of rotatable bonds is 4. The van der Waals surface area contributed by atoms with Crippen LogP contribution >= 0.6 is 23.2 Å². The Hall–Kier alpha value is -1.82. The molecule has 0 saturated heterocycles. The molecule has 0 spiro atoms. The molecule has 144 valence electrons. The number of amides is 1. The van der Waals surface area contributed by atoms with Crippen molar-refractivity contribution in [2.45, 2.75) is 39.7 Å². The average molecular weight is 409 g/mol. The smallest absolute Gasteiger partial charge is 0.256 e. The molecule has 2 heterocycles. The molecule has 0 radical (unpaired) electrons. The number of aliphatic hydroxyl groups is 1. The van der Waals surface area contributed by atoms with Crippen LogP contribution in [-0.2, 0) is 13.0 Å². The van der Waals surface area contributed by atoms with Gasteiger partial charge in [0, 0.05) is 35.3 Å². The predicted molar refractivity (Wildman–Crippen MR) is 107 cm³/mol. The average Bonchev–Trinajstić information content (AvgIpc) is 2.61. The maximum absolute atomic E-state index is 13.2. The molecule has 1 aromatic carbocycles. The number of pyridine rings is 1. The Balaban J connectivity index is 2.02. The van der Waals surface area contributed by atoms with E-state index in [9.17, 15) is 14.7 Å². The molecular formula is C20H22Cl2N2O3. The topological polar surface area (TPSA) is 73.4 Å². The quantitative estimate of drug-likeness (QED) is 0.811. The fourth-order valence-corrected chi connectivity index (χ4v) is 4.28. The molecule has 1 aliphatic heterocycles. The molecule has 1 atom stereocenters. The minimum Gasteiger partial charge on any atom is -0.396 e. The molecule has 27 heavy (non-hydrogen) atoms. The van der Waals surface area contributed by atoms with Crippen molar-refractivity contribution in [3.8, 4) is 0 Å². The van der Waals surface area contributed by atoms with Crippen molar-refractivity contribution in [3.63, 3.8) is 0 Å². The number of aromatic nitrogens is 1. The highest BCUT2D eigenvalue weighted by Gasteiger charge is 2.31. The second-order valence-electron chi connectivity index (χ2n) is 7.12. The van der Waals surface area contributed by atoms with Crippen molar-refractivity contribution in [2.24, 2.45) is 0 Å². The van der Waals surface area contributed by atoms with Crippen molar-refractivity contribution in [1.82, 2.24) is 9.88 Å². The van der Waals surface area contributed by atoms with Crippen LogP contribution in [0.25, 0.3) is 0 Å². The van der Waals surface area contributed by atoms with E-state index in [1.807, 2.05) is 26.8 Å². The summed E-state index contributed by atoms with van der Waals surface area (Å²) in [7, 11) is 0. The van der Waals surface area contributed by atoms with E-state index in [0.29, 0.717) is 39.7 Å². The van der Waals surface area contributed by atoms with Crippen LogP contribution in [-0.4, -0.2) is 34.0 Å². The molecule has 1 amide bonds. The largest absolute Gasteiger partial charge is 0.396 e. The van der Waals surface area contributed by atoms with Gasteiger partial charge in [-0.1, -0.05) is 30.1 Å². The van der Waals surface area contributed by atoms with Crippen LogP contribution in [0, 0.1) is 13.8 Å². The molecule has 0 fully saturated rings. The van der Waals surface area contributed by atoms with E-state index in [4.69, 9.17) is 23.2 Å². The van der Waals surface area contributed by atoms with E-state index in [1.165, 1.54) is 0 Å². The van der Waals surface area contributed by atoms with Crippen molar-refractivity contribution < 1.29 is 9.90 Å². The summed E-state index contributed by atoms with van der Waals surface area (Å²) < 4.78 is 0. The third-order valence-corrected chi connectivity index (χ3v) is 5.87. The Labute approximate surface area is 167 Å². The normalized spacial score (nSPS) is 15.0. The number of carbonyl (C=O) groups is 1. The van der Waals surface area contributed by atoms with Gasteiger partial charge in [0.15, 0.2) is 0 Å². The monoisotopic (exact) mass is 408 g/mol. The van der Waals surface area contributed by atoms with E-state index in [-0.39, 0.29) is 30.5 Å². The number of hydrogen-bond donors (Lipinski definition) is 2. The van der Waals surface area contributed by atoms with Gasteiger partial charge in [-0.2, -0.15) is 0 Å². The number of hydrogen-bond acceptors (Lipinski definition) is 3. The number of nitrogens with zero attached hydrogens (tertiary/aromatic N) is 1. The minimum atomic E-state index is -0.241. The lowest BCUT2D eigenvalue weighted by molar-refractivity contribution is 0.0726. The summed E-state index contributed by atoms with van der Waals surface area (Å²) in [6, 6.07) is 3.63. The molecule has 1 aromatic heterocycles. The predicted octanol–water partition coefficient (Wildman–Crippen LogP) is 3.59. The highest BCUT2D eigenvalue weighted by atomic mass is 35.5. The Bertz CT molecular complexity index is 969. The maximum atomic E-state index is 13.2. The summed E-state index contributed by atoms with van der Waals surface area (Å²) in [5, 5.41) is 10.3. The second kappa shape index (κ2) is 7.66. The zero-order valence-corrected chi connectivity index (χ0v) is 17.0. The van der Waals surface area contributed by atoms with Gasteiger partial charge in [-0.3, -0.25) is 9.59 Å². The number of H-pyrrole nitrogens is 1. The molecule has 0 saturated carbocycles. The molecule has 3 rings (SSSR count). The first-order valence-electron chi connectivity index (χ1n) is 8.84. The van der Waals surface area contributed by atoms with Gasteiger partial charge in [0.2, 0.25) is 0 Å². The van der Waals surface area contributed by atoms with Crippen LogP contribution in [0.1, 0.15) is 51.1 Å². The van der Waals surface area contributed by atoms with E-state index >= 15 is 0 Å². The number of benzene rings is 1. The number of halogens is 2. The number of aliphatic hydroxyl groups excluding tert-OH is 1. The van der Waals surface area contributed by atoms with Crippen molar-refractivity contribution in [1.29, 1.82) is 0 Å². The first-order chi connectivity index (χ1) is 12.7. The van der Waals surface area contributed by atoms with E-state index in [0.717, 1.165) is 16.8 Å². The molecule has 0 aliphatic carbocycles. The summed E-state index contributed by atoms with van der Waals surface area (Å²) in [6.07, 6.45) is 0.566. The van der Waals surface area contributed by atoms with Crippen LogP contribution in [0.3, 0.4) is 0 Å². The zero-order valence-electron chi connectivity index (χ0n) is 15.5. The first kappa shape index (κ1) is 19.9. The molecule has 2 N–H and O–H groups in total. The number of aryl methyl sites for hydroxylation is 2. The molecule has 2 aromatic rings. The summed E-state index contributed by atoms with van der Waals surface area (Å²) in [4.78, 5) is 29.9. The first-order valence-corrected chi connectivity index (χ1v) is 9.60. The Morgan fingerprint density at radius 2 is 1.96 bits per heavy atom. The lowest BCUT2D eigenvalue weighted by Gasteiger charge is -2.31. The maximum Gasteiger partial charge on any atom is 0.256 e. The van der Waals surface area contributed by atoms with E-state index in [2.05, 4.69) is 4.98 Å². The number of nitrogens with one attached hydrogen (secondary N) is 1. The van der Waals surface area contributed by atoms with Gasteiger partial charge in [-0.25, -0.2) is 0 Å². The van der Waals surface area contributed by atoms with Crippen molar-refractivity contribution >= 4 is 29.1 Å². The highest BCUT2D eigenvalue weighted by Crippen LogP contribution is 2.38. The van der Waals surface area contributed by atoms with E-state index < -0.39 is 0 Å². The Kier molecular flexibility index (Phi) is 5.65. The van der Waals surface area contributed by atoms with Gasteiger partial charge in [0.05, 0.1) is 17.1 Å². The Morgan fingerprint density at radius 1 is 1.26 bits per heavy atom. The van der Waals surface area contributed by atoms with Gasteiger partial charge in [0.25, 0.3) is 11.5 Å². The van der Waals surface area contributed by atoms with Crippen molar-refractivity contribution in [2.75, 3.05) is 13.2 Å². The third kappa shape index (κ3) is 3.64. The molecule has 5 nitrogen and oxygen atoms in total. The molecule has 7 heteroatoms. The van der Waals surface area contributed by atoms with Gasteiger partial charge in [0.1, 0.15) is 0 Å². The van der Waals surface area contributed by atoms with Crippen molar-refractivity contribution in [3.05, 3.63) is 66.0 Å². The molecule has 0 unspecified atom stereocenters. The summed E-state index contributed by atoms with van der Waals surface area (Å²) in [5.41, 5.74) is 3.79. The SMILES string of the molecule is Cc1cc(C)c(CN2CCc3c(Cl)cc([C@@H](C)CO)c(Cl)c3C2=O)c(=O)[nH]1. The Morgan fingerprint density at radius 3 is 2.59 bits per heavy atom. The number of aromatic amines is 1. The third-order valence-electron chi connectivity index (χ3n) is 5.13.